The molecule has 5 N–H and O–H groups in total. The molecule has 1 saturated heterocycles. The van der Waals surface area contributed by atoms with Crippen molar-refractivity contribution in [3.8, 4) is 0 Å². The van der Waals surface area contributed by atoms with Crippen LogP contribution in [-0.4, -0.2) is 89.2 Å². The van der Waals surface area contributed by atoms with Crippen LogP contribution in [0.4, 0.5) is 0 Å². The highest BCUT2D eigenvalue weighted by molar-refractivity contribution is 6.17. The number of rotatable bonds is 18. The highest BCUT2D eigenvalue weighted by atomic mass is 35.5. The lowest BCUT2D eigenvalue weighted by atomic mass is 10.1. The summed E-state index contributed by atoms with van der Waals surface area (Å²) < 4.78 is 17.4. The first kappa shape index (κ1) is 33.4. The van der Waals surface area contributed by atoms with Crippen LogP contribution in [0.2, 0.25) is 0 Å². The van der Waals surface area contributed by atoms with Crippen LogP contribution < -0.4 is 21.9 Å². The minimum Gasteiger partial charge on any atom is -0.394 e. The molecule has 2 amide bonds. The van der Waals surface area contributed by atoms with Gasteiger partial charge >= 0.3 is 5.69 Å². The number of hydrogen-bond acceptors (Lipinski definition) is 9. The number of aromatic nitrogens is 2. The summed E-state index contributed by atoms with van der Waals surface area (Å²) in [4.78, 5) is 51.7. The molecule has 0 saturated carbocycles. The molecule has 1 aromatic carbocycles. The van der Waals surface area contributed by atoms with E-state index in [1.807, 2.05) is 0 Å². The molecule has 2 aromatic rings. The van der Waals surface area contributed by atoms with Gasteiger partial charge in [-0.2, -0.15) is 0 Å². The predicted molar refractivity (Wildman–Crippen MR) is 154 cm³/mol. The Morgan fingerprint density at radius 1 is 1.00 bits per heavy atom. The van der Waals surface area contributed by atoms with Crippen LogP contribution in [-0.2, 0) is 20.8 Å². The average molecular weight is 611 g/mol. The quantitative estimate of drug-likeness (QED) is 0.120. The molecule has 1 fully saturated rings. The van der Waals surface area contributed by atoms with Gasteiger partial charge in [0.05, 0.1) is 32.5 Å². The number of unbranched alkanes of at least 4 members (excludes halogenated alkanes) is 3. The van der Waals surface area contributed by atoms with E-state index in [1.54, 1.807) is 24.3 Å². The first-order valence-electron chi connectivity index (χ1n) is 14.0. The molecule has 0 bridgehead atoms. The summed E-state index contributed by atoms with van der Waals surface area (Å²) in [5.74, 6) is -0.293. The molecular weight excluding hydrogens is 572 g/mol. The van der Waals surface area contributed by atoms with Crippen molar-refractivity contribution in [2.24, 2.45) is 0 Å². The van der Waals surface area contributed by atoms with E-state index in [0.717, 1.165) is 36.4 Å². The van der Waals surface area contributed by atoms with E-state index in [1.165, 1.54) is 0 Å². The molecule has 0 radical (unpaired) electrons. The second-order valence-electron chi connectivity index (χ2n) is 9.79. The Kier molecular flexibility index (Phi) is 14.2. The molecule has 232 valence electrons. The van der Waals surface area contributed by atoms with Crippen molar-refractivity contribution in [2.75, 3.05) is 45.5 Å². The van der Waals surface area contributed by atoms with Gasteiger partial charge in [-0.1, -0.05) is 25.0 Å². The number of benzene rings is 1. The zero-order valence-corrected chi connectivity index (χ0v) is 24.1. The number of nitrogens with one attached hydrogen (secondary N) is 3. The first-order valence-corrected chi connectivity index (χ1v) is 14.5. The van der Waals surface area contributed by atoms with Crippen molar-refractivity contribution >= 4 is 23.4 Å². The lowest BCUT2D eigenvalue weighted by Gasteiger charge is -2.15. The summed E-state index contributed by atoms with van der Waals surface area (Å²) in [6.07, 6.45) is 2.52. The number of hydrogen-bond donors (Lipinski definition) is 5. The number of alkyl halides is 1. The van der Waals surface area contributed by atoms with Crippen LogP contribution >= 0.6 is 11.6 Å². The third-order valence-corrected chi connectivity index (χ3v) is 6.92. The van der Waals surface area contributed by atoms with Gasteiger partial charge in [0.15, 0.2) is 0 Å². The summed E-state index contributed by atoms with van der Waals surface area (Å²) in [5, 5.41) is 24.6. The average Bonchev–Trinajstić information content (AvgIpc) is 3.36. The van der Waals surface area contributed by atoms with E-state index >= 15 is 0 Å². The fourth-order valence-electron chi connectivity index (χ4n) is 4.28. The minimum absolute atomic E-state index is 0.0105. The number of aromatic amines is 1. The fraction of sp³-hybridized carbons (Fsp3) is 0.571. The van der Waals surface area contributed by atoms with Crippen molar-refractivity contribution in [1.82, 2.24) is 20.2 Å². The molecule has 1 unspecified atom stereocenters. The molecule has 0 aliphatic carbocycles. The number of aliphatic hydroxyl groups is 2. The van der Waals surface area contributed by atoms with E-state index in [-0.39, 0.29) is 24.4 Å². The molecule has 1 aliphatic rings. The molecular formula is C28H39ClN4O9. The Labute approximate surface area is 248 Å². The van der Waals surface area contributed by atoms with Crippen molar-refractivity contribution < 1.29 is 34.0 Å². The molecule has 1 aromatic heterocycles. The summed E-state index contributed by atoms with van der Waals surface area (Å²) in [5.41, 5.74) is -0.876. The van der Waals surface area contributed by atoms with Crippen molar-refractivity contribution in [1.29, 1.82) is 0 Å². The molecule has 3 atom stereocenters. The van der Waals surface area contributed by atoms with Gasteiger partial charge in [-0.25, -0.2) is 4.79 Å². The fourth-order valence-corrected chi connectivity index (χ4v) is 4.46. The Morgan fingerprint density at radius 3 is 2.40 bits per heavy atom. The molecule has 13 nitrogen and oxygen atoms in total. The van der Waals surface area contributed by atoms with Gasteiger partial charge in [-0.3, -0.25) is 23.9 Å². The van der Waals surface area contributed by atoms with Gasteiger partial charge < -0.3 is 35.1 Å². The van der Waals surface area contributed by atoms with Gasteiger partial charge in [-0.05, 0) is 30.5 Å². The summed E-state index contributed by atoms with van der Waals surface area (Å²) in [7, 11) is 0. The van der Waals surface area contributed by atoms with E-state index < -0.39 is 42.2 Å². The smallest absolute Gasteiger partial charge is 0.330 e. The molecule has 3 rings (SSSR count). The van der Waals surface area contributed by atoms with Crippen LogP contribution in [0.15, 0.2) is 40.1 Å². The van der Waals surface area contributed by atoms with E-state index in [9.17, 15) is 29.4 Å². The van der Waals surface area contributed by atoms with Crippen LogP contribution in [0.1, 0.15) is 64.6 Å². The largest absolute Gasteiger partial charge is 0.394 e. The van der Waals surface area contributed by atoms with Crippen LogP contribution in [0, 0.1) is 0 Å². The lowest BCUT2D eigenvalue weighted by molar-refractivity contribution is -0.0459. The molecule has 0 spiro atoms. The number of halogens is 1. The van der Waals surface area contributed by atoms with Crippen molar-refractivity contribution in [3.63, 3.8) is 0 Å². The standard InChI is InChI=1S/C28H39ClN4O9/c29-9-3-1-2-4-11-40-13-14-41-12-10-30-25(36)20-7-5-19(6-8-20)16-31-26(37)21-17-33(28(39)32-27(21)38)24-15-22(35)23(18-34)42-24/h5-8,17,22-24,34-35H,1-4,9-16,18H2,(H,30,36)(H,31,37)(H,32,38,39)/t22?,23-,24-/m1/s1. The number of aliphatic hydroxyl groups excluding tert-OH is 2. The van der Waals surface area contributed by atoms with E-state index in [4.69, 9.17) is 25.8 Å². The first-order chi connectivity index (χ1) is 20.3. The lowest BCUT2D eigenvalue weighted by Crippen LogP contribution is -2.38. The number of nitrogens with zero attached hydrogens (tertiary/aromatic N) is 1. The second-order valence-corrected chi connectivity index (χ2v) is 10.2. The molecule has 2 heterocycles. The zero-order chi connectivity index (χ0) is 30.3. The Morgan fingerprint density at radius 2 is 1.71 bits per heavy atom. The maximum atomic E-state index is 12.7. The Hall–Kier alpha value is -3.07. The number of amides is 2. The monoisotopic (exact) mass is 610 g/mol. The van der Waals surface area contributed by atoms with E-state index in [2.05, 4.69) is 15.6 Å². The summed E-state index contributed by atoms with van der Waals surface area (Å²) in [6.45, 7) is 1.98. The third kappa shape index (κ3) is 10.3. The van der Waals surface area contributed by atoms with Gasteiger partial charge in [-0.15, -0.1) is 11.6 Å². The third-order valence-electron chi connectivity index (χ3n) is 6.65. The van der Waals surface area contributed by atoms with Crippen molar-refractivity contribution in [3.05, 3.63) is 68.0 Å². The van der Waals surface area contributed by atoms with Crippen LogP contribution in [0.5, 0.6) is 0 Å². The van der Waals surface area contributed by atoms with E-state index in [0.29, 0.717) is 50.0 Å². The number of ether oxygens (including phenoxy) is 3. The maximum Gasteiger partial charge on any atom is 0.330 e. The van der Waals surface area contributed by atoms with Gasteiger partial charge in [0, 0.05) is 43.8 Å². The van der Waals surface area contributed by atoms with Gasteiger partial charge in [0.25, 0.3) is 17.4 Å². The number of H-pyrrole nitrogens is 1. The SMILES string of the molecule is O=C(NCCOCCOCCCCCCCl)c1ccc(CNC(=O)c2cn([C@H]3CC(O)[C@@H](CO)O3)c(=O)[nH]c2=O)cc1. The van der Waals surface area contributed by atoms with Crippen LogP contribution in [0.3, 0.4) is 0 Å². The highest BCUT2D eigenvalue weighted by Gasteiger charge is 2.35. The van der Waals surface area contributed by atoms with Crippen molar-refractivity contribution in [2.45, 2.75) is 57.1 Å². The predicted octanol–water partition coefficient (Wildman–Crippen LogP) is 0.670. The Bertz CT molecular complexity index is 1250. The number of carbonyl (C=O) groups is 2. The van der Waals surface area contributed by atoms with Gasteiger partial charge in [0.1, 0.15) is 17.9 Å². The van der Waals surface area contributed by atoms with Gasteiger partial charge in [0.2, 0.25) is 0 Å². The van der Waals surface area contributed by atoms with Crippen LogP contribution in [0.25, 0.3) is 0 Å². The normalized spacial score (nSPS) is 18.2. The molecule has 14 heteroatoms. The Balaban J connectivity index is 1.38. The minimum atomic E-state index is -0.994. The molecule has 1 aliphatic heterocycles. The number of carbonyl (C=O) groups excluding carboxylic acids is 2. The second kappa shape index (κ2) is 17.8. The summed E-state index contributed by atoms with van der Waals surface area (Å²) in [6, 6.07) is 6.58. The highest BCUT2D eigenvalue weighted by Crippen LogP contribution is 2.27. The molecule has 42 heavy (non-hydrogen) atoms. The maximum absolute atomic E-state index is 12.7. The topological polar surface area (TPSA) is 181 Å². The zero-order valence-electron chi connectivity index (χ0n) is 23.4. The summed E-state index contributed by atoms with van der Waals surface area (Å²) >= 11 is 5.64.